The summed E-state index contributed by atoms with van der Waals surface area (Å²) in [5.41, 5.74) is 4.88. The van der Waals surface area contributed by atoms with Gasteiger partial charge in [0, 0.05) is 16.5 Å². The molecule has 0 aliphatic heterocycles. The molecule has 1 aromatic carbocycles. The summed E-state index contributed by atoms with van der Waals surface area (Å²) in [6, 6.07) is 11.7. The summed E-state index contributed by atoms with van der Waals surface area (Å²) < 4.78 is 0. The molecule has 19 heavy (non-hydrogen) atoms. The van der Waals surface area contributed by atoms with E-state index in [9.17, 15) is 0 Å². The van der Waals surface area contributed by atoms with Crippen molar-refractivity contribution in [3.63, 3.8) is 0 Å². The molecule has 3 nitrogen and oxygen atoms in total. The number of halogens is 1. The summed E-state index contributed by atoms with van der Waals surface area (Å²) in [7, 11) is 0. The minimum atomic E-state index is -0.125. The van der Waals surface area contributed by atoms with E-state index in [4.69, 9.17) is 17.4 Å². The molecule has 2 heterocycles. The highest BCUT2D eigenvalue weighted by Gasteiger charge is 2.19. The smallest absolute Gasteiger partial charge is 0.0824 e. The fourth-order valence-electron chi connectivity index (χ4n) is 2.20. The molecule has 0 aliphatic rings. The first-order valence-electron chi connectivity index (χ1n) is 5.84. The number of nitrogens with two attached hydrogens (primary N) is 1. The average molecular weight is 290 g/mol. The summed E-state index contributed by atoms with van der Waals surface area (Å²) in [5.74, 6) is 5.73. The van der Waals surface area contributed by atoms with Crippen LogP contribution in [0.15, 0.2) is 48.0 Å². The fourth-order valence-corrected chi connectivity index (χ4v) is 3.44. The molecule has 3 rings (SSSR count). The second-order valence-corrected chi connectivity index (χ2v) is 5.50. The van der Waals surface area contributed by atoms with Crippen molar-refractivity contribution >= 4 is 33.8 Å². The Morgan fingerprint density at radius 2 is 2.11 bits per heavy atom. The number of nitrogens with zero attached hydrogens (tertiary/aromatic N) is 1. The molecule has 0 radical (unpaired) electrons. The van der Waals surface area contributed by atoms with Crippen LogP contribution in [0.25, 0.3) is 10.9 Å². The van der Waals surface area contributed by atoms with Gasteiger partial charge in [-0.25, -0.2) is 5.43 Å². The largest absolute Gasteiger partial charge is 0.271 e. The predicted molar refractivity (Wildman–Crippen MR) is 80.2 cm³/mol. The van der Waals surface area contributed by atoms with E-state index in [0.717, 1.165) is 26.4 Å². The van der Waals surface area contributed by atoms with Crippen LogP contribution in [0.1, 0.15) is 16.5 Å². The van der Waals surface area contributed by atoms with E-state index < -0.39 is 0 Å². The van der Waals surface area contributed by atoms with Crippen LogP contribution >= 0.6 is 22.9 Å². The number of rotatable bonds is 3. The molecule has 0 spiro atoms. The second-order valence-electron chi connectivity index (χ2n) is 4.15. The molecular formula is C14H12ClN3S. The maximum atomic E-state index is 6.21. The van der Waals surface area contributed by atoms with Gasteiger partial charge in [-0.15, -0.1) is 11.3 Å². The van der Waals surface area contributed by atoms with Gasteiger partial charge >= 0.3 is 0 Å². The van der Waals surface area contributed by atoms with Crippen molar-refractivity contribution in [3.8, 4) is 0 Å². The van der Waals surface area contributed by atoms with Gasteiger partial charge < -0.3 is 0 Å². The Kier molecular flexibility index (Phi) is 3.48. The Bertz CT molecular complexity index is 705. The molecule has 0 saturated carbocycles. The number of hydrazine groups is 1. The Labute approximate surface area is 120 Å². The number of pyridine rings is 1. The summed E-state index contributed by atoms with van der Waals surface area (Å²) in [4.78, 5) is 5.38. The van der Waals surface area contributed by atoms with Crippen molar-refractivity contribution in [1.29, 1.82) is 0 Å². The van der Waals surface area contributed by atoms with Gasteiger partial charge in [-0.1, -0.05) is 29.8 Å². The van der Waals surface area contributed by atoms with Crippen molar-refractivity contribution in [3.05, 3.63) is 63.4 Å². The van der Waals surface area contributed by atoms with Crippen LogP contribution in [0.4, 0.5) is 0 Å². The minimum Gasteiger partial charge on any atom is -0.271 e. The van der Waals surface area contributed by atoms with E-state index in [2.05, 4.69) is 10.4 Å². The summed E-state index contributed by atoms with van der Waals surface area (Å²) in [6.45, 7) is 0. The molecule has 0 fully saturated rings. The van der Waals surface area contributed by atoms with Gasteiger partial charge in [-0.3, -0.25) is 10.8 Å². The highest BCUT2D eigenvalue weighted by Crippen LogP contribution is 2.34. The van der Waals surface area contributed by atoms with Crippen LogP contribution < -0.4 is 11.3 Å². The van der Waals surface area contributed by atoms with E-state index in [1.54, 1.807) is 17.5 Å². The van der Waals surface area contributed by atoms with E-state index in [-0.39, 0.29) is 6.04 Å². The highest BCUT2D eigenvalue weighted by molar-refractivity contribution is 7.10. The first kappa shape index (κ1) is 12.6. The molecule has 0 amide bonds. The normalized spacial score (nSPS) is 12.7. The van der Waals surface area contributed by atoms with Crippen molar-refractivity contribution in [2.24, 2.45) is 5.84 Å². The third-order valence-corrected chi connectivity index (χ3v) is 4.49. The van der Waals surface area contributed by atoms with Crippen LogP contribution in [0.2, 0.25) is 5.02 Å². The third kappa shape index (κ3) is 2.24. The lowest BCUT2D eigenvalue weighted by Crippen LogP contribution is -2.28. The van der Waals surface area contributed by atoms with Crippen LogP contribution in [0.3, 0.4) is 0 Å². The zero-order valence-electron chi connectivity index (χ0n) is 10.0. The summed E-state index contributed by atoms with van der Waals surface area (Å²) >= 11 is 7.80. The first-order valence-corrected chi connectivity index (χ1v) is 7.09. The zero-order chi connectivity index (χ0) is 13.2. The lowest BCUT2D eigenvalue weighted by Gasteiger charge is -2.17. The van der Waals surface area contributed by atoms with Crippen molar-refractivity contribution < 1.29 is 0 Å². The maximum absolute atomic E-state index is 6.21. The lowest BCUT2D eigenvalue weighted by atomic mass is 10.0. The fraction of sp³-hybridized carbons (Fsp3) is 0.0714. The minimum absolute atomic E-state index is 0.125. The van der Waals surface area contributed by atoms with Crippen LogP contribution in [-0.2, 0) is 0 Å². The first-order chi connectivity index (χ1) is 9.31. The predicted octanol–water partition coefficient (Wildman–Crippen LogP) is 3.50. The van der Waals surface area contributed by atoms with Crippen molar-refractivity contribution in [2.45, 2.75) is 6.04 Å². The SMILES string of the molecule is NNC(c1sccc1Cl)c1cccc2ncccc12. The Hall–Kier alpha value is -1.46. The Morgan fingerprint density at radius 3 is 2.84 bits per heavy atom. The van der Waals surface area contributed by atoms with Gasteiger partial charge in [0.05, 0.1) is 16.6 Å². The molecule has 1 unspecified atom stereocenters. The molecule has 0 saturated heterocycles. The molecule has 0 aliphatic carbocycles. The summed E-state index contributed by atoms with van der Waals surface area (Å²) in [6.07, 6.45) is 1.79. The van der Waals surface area contributed by atoms with Crippen molar-refractivity contribution in [1.82, 2.24) is 10.4 Å². The lowest BCUT2D eigenvalue weighted by molar-refractivity contribution is 0.651. The number of thiophene rings is 1. The second kappa shape index (κ2) is 5.27. The van der Waals surface area contributed by atoms with Gasteiger partial charge in [0.15, 0.2) is 0 Å². The van der Waals surface area contributed by atoms with Gasteiger partial charge in [-0.2, -0.15) is 0 Å². The average Bonchev–Trinajstić information content (AvgIpc) is 2.86. The molecular weight excluding hydrogens is 278 g/mol. The molecule has 1 atom stereocenters. The number of benzene rings is 1. The van der Waals surface area contributed by atoms with E-state index in [0.29, 0.717) is 0 Å². The van der Waals surface area contributed by atoms with E-state index in [1.165, 1.54) is 0 Å². The number of nitrogens with one attached hydrogen (secondary N) is 1. The van der Waals surface area contributed by atoms with Crippen LogP contribution in [0.5, 0.6) is 0 Å². The maximum Gasteiger partial charge on any atom is 0.0824 e. The van der Waals surface area contributed by atoms with Crippen LogP contribution in [0, 0.1) is 0 Å². The molecule has 0 bridgehead atoms. The van der Waals surface area contributed by atoms with Gasteiger partial charge in [0.2, 0.25) is 0 Å². The van der Waals surface area contributed by atoms with Gasteiger partial charge in [0.25, 0.3) is 0 Å². The number of hydrogen-bond donors (Lipinski definition) is 2. The Morgan fingerprint density at radius 1 is 1.21 bits per heavy atom. The van der Waals surface area contributed by atoms with Crippen LogP contribution in [-0.4, -0.2) is 4.98 Å². The highest BCUT2D eigenvalue weighted by atomic mass is 35.5. The molecule has 5 heteroatoms. The third-order valence-electron chi connectivity index (χ3n) is 3.06. The number of fused-ring (bicyclic) bond motifs is 1. The van der Waals surface area contributed by atoms with E-state index in [1.807, 2.05) is 41.8 Å². The molecule has 3 N–H and O–H groups in total. The van der Waals surface area contributed by atoms with Crippen molar-refractivity contribution in [2.75, 3.05) is 0 Å². The van der Waals surface area contributed by atoms with E-state index >= 15 is 0 Å². The Balaban J connectivity index is 2.20. The number of hydrogen-bond acceptors (Lipinski definition) is 4. The summed E-state index contributed by atoms with van der Waals surface area (Å²) in [5, 5.41) is 3.78. The number of aromatic nitrogens is 1. The van der Waals surface area contributed by atoms with Gasteiger partial charge in [-0.05, 0) is 29.1 Å². The molecule has 2 aromatic heterocycles. The zero-order valence-corrected chi connectivity index (χ0v) is 11.6. The monoisotopic (exact) mass is 289 g/mol. The quantitative estimate of drug-likeness (QED) is 0.573. The van der Waals surface area contributed by atoms with Gasteiger partial charge in [0.1, 0.15) is 0 Å². The topological polar surface area (TPSA) is 50.9 Å². The molecule has 3 aromatic rings. The molecule has 96 valence electrons. The standard InChI is InChI=1S/C14H12ClN3S/c15-11-6-8-19-14(11)13(18-16)10-3-1-5-12-9(10)4-2-7-17-12/h1-8,13,18H,16H2.